The predicted octanol–water partition coefficient (Wildman–Crippen LogP) is 3.75. The molecular formula is C28H37N3O6S. The van der Waals surface area contributed by atoms with Gasteiger partial charge >= 0.3 is 0 Å². The van der Waals surface area contributed by atoms with Crippen molar-refractivity contribution in [2.45, 2.75) is 71.5 Å². The molecule has 1 saturated carbocycles. The third-order valence-electron chi connectivity index (χ3n) is 7.22. The van der Waals surface area contributed by atoms with Gasteiger partial charge in [-0.05, 0) is 51.3 Å². The highest BCUT2D eigenvalue weighted by molar-refractivity contribution is 7.92. The Morgan fingerprint density at radius 2 is 1.71 bits per heavy atom. The standard InChI is InChI=1S/C28H37N3O6S/c1-4-38(34,35)31(24-14-15-25-26(16-24)37-19-36-25)18-27(32)30(17-22-12-10-20(2)11-13-22)21(3)28(33)29-23-8-6-5-7-9-23/h10-16,21,23H,4-9,17-19H2,1-3H3,(H,29,33)/t21-/m0/s1. The summed E-state index contributed by atoms with van der Waals surface area (Å²) >= 11 is 0. The van der Waals surface area contributed by atoms with Gasteiger partial charge < -0.3 is 19.7 Å². The fraction of sp³-hybridized carbons (Fsp3) is 0.500. The van der Waals surface area contributed by atoms with Gasteiger partial charge in [-0.25, -0.2) is 8.42 Å². The van der Waals surface area contributed by atoms with Gasteiger partial charge in [0.1, 0.15) is 12.6 Å². The first kappa shape index (κ1) is 27.8. The van der Waals surface area contributed by atoms with Crippen LogP contribution in [-0.2, 0) is 26.2 Å². The van der Waals surface area contributed by atoms with Crippen molar-refractivity contribution in [3.63, 3.8) is 0 Å². The number of nitrogens with one attached hydrogen (secondary N) is 1. The molecule has 4 rings (SSSR count). The van der Waals surface area contributed by atoms with Crippen molar-refractivity contribution in [2.75, 3.05) is 23.4 Å². The number of ether oxygens (including phenoxy) is 2. The lowest BCUT2D eigenvalue weighted by Crippen LogP contribution is -2.53. The van der Waals surface area contributed by atoms with Gasteiger partial charge in [0.2, 0.25) is 28.6 Å². The number of carbonyl (C=O) groups is 2. The molecule has 0 unspecified atom stereocenters. The fourth-order valence-electron chi connectivity index (χ4n) is 4.80. The van der Waals surface area contributed by atoms with E-state index in [1.807, 2.05) is 31.2 Å². The average Bonchev–Trinajstić information content (AvgIpc) is 3.39. The number of hydrogen-bond donors (Lipinski definition) is 1. The topological polar surface area (TPSA) is 105 Å². The smallest absolute Gasteiger partial charge is 0.244 e. The SMILES string of the molecule is CCS(=O)(=O)N(CC(=O)N(Cc1ccc(C)cc1)[C@@H](C)C(=O)NC1CCCCC1)c1ccc2c(c1)OCO2. The molecule has 9 nitrogen and oxygen atoms in total. The van der Waals surface area contributed by atoms with Crippen molar-refractivity contribution in [1.82, 2.24) is 10.2 Å². The highest BCUT2D eigenvalue weighted by atomic mass is 32.2. The molecule has 206 valence electrons. The Kier molecular flexibility index (Phi) is 8.81. The van der Waals surface area contributed by atoms with Gasteiger partial charge in [0.15, 0.2) is 11.5 Å². The minimum absolute atomic E-state index is 0.0518. The van der Waals surface area contributed by atoms with Crippen LogP contribution in [0.5, 0.6) is 11.5 Å². The summed E-state index contributed by atoms with van der Waals surface area (Å²) in [6.07, 6.45) is 5.17. The van der Waals surface area contributed by atoms with Crippen LogP contribution in [0.3, 0.4) is 0 Å². The molecule has 2 aromatic carbocycles. The fourth-order valence-corrected chi connectivity index (χ4v) is 5.86. The summed E-state index contributed by atoms with van der Waals surface area (Å²) in [5.41, 5.74) is 2.24. The van der Waals surface area contributed by atoms with Crippen molar-refractivity contribution in [3.8, 4) is 11.5 Å². The maximum atomic E-state index is 13.8. The molecule has 1 fully saturated rings. The van der Waals surface area contributed by atoms with Crippen LogP contribution in [-0.4, -0.2) is 56.3 Å². The molecule has 0 spiro atoms. The summed E-state index contributed by atoms with van der Waals surface area (Å²) in [7, 11) is -3.82. The van der Waals surface area contributed by atoms with Gasteiger partial charge in [-0.3, -0.25) is 13.9 Å². The first-order valence-corrected chi connectivity index (χ1v) is 14.8. The van der Waals surface area contributed by atoms with Gasteiger partial charge in [-0.15, -0.1) is 0 Å². The van der Waals surface area contributed by atoms with E-state index in [2.05, 4.69) is 5.32 Å². The molecule has 2 aromatic rings. The maximum absolute atomic E-state index is 13.8. The molecule has 38 heavy (non-hydrogen) atoms. The summed E-state index contributed by atoms with van der Waals surface area (Å²) in [5, 5.41) is 3.11. The zero-order valence-corrected chi connectivity index (χ0v) is 23.1. The number of benzene rings is 2. The van der Waals surface area contributed by atoms with Crippen molar-refractivity contribution in [2.24, 2.45) is 0 Å². The summed E-state index contributed by atoms with van der Waals surface area (Å²) in [6.45, 7) is 5.00. The summed E-state index contributed by atoms with van der Waals surface area (Å²) in [6, 6.07) is 11.8. The van der Waals surface area contributed by atoms with Crippen LogP contribution in [0.25, 0.3) is 0 Å². The molecule has 0 radical (unpaired) electrons. The number of amides is 2. The van der Waals surface area contributed by atoms with Crippen molar-refractivity contribution < 1.29 is 27.5 Å². The van der Waals surface area contributed by atoms with Crippen molar-refractivity contribution in [3.05, 3.63) is 53.6 Å². The highest BCUT2D eigenvalue weighted by Crippen LogP contribution is 2.36. The lowest BCUT2D eigenvalue weighted by molar-refractivity contribution is -0.139. The quantitative estimate of drug-likeness (QED) is 0.490. The van der Waals surface area contributed by atoms with Gasteiger partial charge in [-0.1, -0.05) is 49.1 Å². The van der Waals surface area contributed by atoms with Crippen LogP contribution in [0.4, 0.5) is 5.69 Å². The van der Waals surface area contributed by atoms with Crippen molar-refractivity contribution in [1.29, 1.82) is 0 Å². The molecule has 2 amide bonds. The van der Waals surface area contributed by atoms with Gasteiger partial charge in [0, 0.05) is 18.7 Å². The Morgan fingerprint density at radius 1 is 1.03 bits per heavy atom. The van der Waals surface area contributed by atoms with E-state index in [0.717, 1.165) is 41.1 Å². The molecule has 0 saturated heterocycles. The van der Waals surface area contributed by atoms with E-state index in [0.29, 0.717) is 17.2 Å². The minimum atomic E-state index is -3.82. The third kappa shape index (κ3) is 6.59. The second kappa shape index (κ2) is 12.1. The van der Waals surface area contributed by atoms with E-state index in [4.69, 9.17) is 9.47 Å². The lowest BCUT2D eigenvalue weighted by atomic mass is 9.95. The van der Waals surface area contributed by atoms with E-state index in [1.54, 1.807) is 25.1 Å². The monoisotopic (exact) mass is 543 g/mol. The number of hydrogen-bond acceptors (Lipinski definition) is 6. The van der Waals surface area contributed by atoms with Crippen LogP contribution in [0, 0.1) is 6.92 Å². The molecule has 10 heteroatoms. The number of aryl methyl sites for hydroxylation is 1. The van der Waals surface area contributed by atoms with Crippen LogP contribution in [0.15, 0.2) is 42.5 Å². The summed E-state index contributed by atoms with van der Waals surface area (Å²) in [5.74, 6) is 0.0486. The molecule has 2 aliphatic rings. The number of rotatable bonds is 10. The first-order chi connectivity index (χ1) is 18.2. The Bertz CT molecular complexity index is 1240. The minimum Gasteiger partial charge on any atom is -0.454 e. The van der Waals surface area contributed by atoms with Gasteiger partial charge in [-0.2, -0.15) is 0 Å². The Morgan fingerprint density at radius 3 is 2.39 bits per heavy atom. The maximum Gasteiger partial charge on any atom is 0.244 e. The normalized spacial score (nSPS) is 16.1. The first-order valence-electron chi connectivity index (χ1n) is 13.2. The van der Waals surface area contributed by atoms with Crippen LogP contribution >= 0.6 is 0 Å². The Labute approximate surface area is 225 Å². The number of carbonyl (C=O) groups excluding carboxylic acids is 2. The second-order valence-corrected chi connectivity index (χ2v) is 12.2. The van der Waals surface area contributed by atoms with Gasteiger partial charge in [0.05, 0.1) is 11.4 Å². The molecular weight excluding hydrogens is 506 g/mol. The molecule has 1 heterocycles. The largest absolute Gasteiger partial charge is 0.454 e. The van der Waals surface area contributed by atoms with E-state index in [1.165, 1.54) is 18.2 Å². The van der Waals surface area contributed by atoms with E-state index in [-0.39, 0.29) is 31.0 Å². The zero-order valence-electron chi connectivity index (χ0n) is 22.3. The average molecular weight is 544 g/mol. The van der Waals surface area contributed by atoms with Crippen LogP contribution in [0.2, 0.25) is 0 Å². The molecule has 1 aliphatic heterocycles. The van der Waals surface area contributed by atoms with E-state index >= 15 is 0 Å². The van der Waals surface area contributed by atoms with Crippen LogP contribution in [0.1, 0.15) is 57.1 Å². The molecule has 1 N–H and O–H groups in total. The Balaban J connectivity index is 1.60. The molecule has 0 bridgehead atoms. The molecule has 1 atom stereocenters. The predicted molar refractivity (Wildman–Crippen MR) is 146 cm³/mol. The third-order valence-corrected chi connectivity index (χ3v) is 8.96. The number of nitrogens with zero attached hydrogens (tertiary/aromatic N) is 2. The highest BCUT2D eigenvalue weighted by Gasteiger charge is 2.32. The Hall–Kier alpha value is -3.27. The van der Waals surface area contributed by atoms with E-state index in [9.17, 15) is 18.0 Å². The summed E-state index contributed by atoms with van der Waals surface area (Å²) in [4.78, 5) is 28.6. The van der Waals surface area contributed by atoms with Crippen LogP contribution < -0.4 is 19.1 Å². The van der Waals surface area contributed by atoms with E-state index < -0.39 is 28.5 Å². The number of anilines is 1. The second-order valence-electron chi connectivity index (χ2n) is 9.97. The van der Waals surface area contributed by atoms with Crippen molar-refractivity contribution >= 4 is 27.5 Å². The molecule has 1 aliphatic carbocycles. The number of fused-ring (bicyclic) bond motifs is 1. The zero-order chi connectivity index (χ0) is 27.3. The summed E-state index contributed by atoms with van der Waals surface area (Å²) < 4.78 is 38.1. The van der Waals surface area contributed by atoms with Gasteiger partial charge in [0.25, 0.3) is 0 Å². The molecule has 0 aromatic heterocycles. The lowest BCUT2D eigenvalue weighted by Gasteiger charge is -2.33. The number of sulfonamides is 1.